The van der Waals surface area contributed by atoms with E-state index in [-0.39, 0.29) is 23.6 Å². The smallest absolute Gasteiger partial charge is 0.228 e. The maximum atomic E-state index is 12.5. The van der Waals surface area contributed by atoms with Crippen LogP contribution in [0.4, 0.5) is 5.82 Å². The highest BCUT2D eigenvalue weighted by atomic mass is 16.2. The minimum atomic E-state index is -0.0979. The maximum Gasteiger partial charge on any atom is 0.228 e. The van der Waals surface area contributed by atoms with Crippen molar-refractivity contribution in [3.8, 4) is 0 Å². The van der Waals surface area contributed by atoms with E-state index >= 15 is 0 Å². The van der Waals surface area contributed by atoms with E-state index in [2.05, 4.69) is 24.1 Å². The minimum Gasteiger partial charge on any atom is -0.343 e. The van der Waals surface area contributed by atoms with Gasteiger partial charge in [-0.1, -0.05) is 19.9 Å². The number of nitrogens with zero attached hydrogens (tertiary/aromatic N) is 3. The van der Waals surface area contributed by atoms with Crippen molar-refractivity contribution in [2.75, 3.05) is 31.5 Å². The van der Waals surface area contributed by atoms with Gasteiger partial charge in [0.1, 0.15) is 5.82 Å². The van der Waals surface area contributed by atoms with Crippen LogP contribution in [0.15, 0.2) is 24.4 Å². The first kappa shape index (κ1) is 22.8. The summed E-state index contributed by atoms with van der Waals surface area (Å²) in [7, 11) is 0. The lowest BCUT2D eigenvalue weighted by atomic mass is 9.95. The molecular formula is C22H34N4O3. The van der Waals surface area contributed by atoms with Gasteiger partial charge in [0.25, 0.3) is 0 Å². The van der Waals surface area contributed by atoms with Crippen LogP contribution in [0.5, 0.6) is 0 Å². The van der Waals surface area contributed by atoms with Gasteiger partial charge in [-0.15, -0.1) is 0 Å². The third kappa shape index (κ3) is 7.48. The van der Waals surface area contributed by atoms with Crippen molar-refractivity contribution >= 4 is 23.5 Å². The number of rotatable bonds is 10. The normalized spacial score (nSPS) is 14.5. The van der Waals surface area contributed by atoms with E-state index in [0.717, 1.165) is 25.9 Å². The number of carbonyl (C=O) groups is 3. The largest absolute Gasteiger partial charge is 0.343 e. The summed E-state index contributed by atoms with van der Waals surface area (Å²) in [5.41, 5.74) is 0. The van der Waals surface area contributed by atoms with Crippen molar-refractivity contribution in [1.29, 1.82) is 0 Å². The van der Waals surface area contributed by atoms with Crippen LogP contribution in [0, 0.1) is 5.92 Å². The Hall–Kier alpha value is -2.44. The molecule has 3 amide bonds. The standard InChI is InChI=1S/C22H34N4O3/c1-3-14-25(15-4-2)20(27)9-7-10-21(28)26-16-11-18(12-17-26)22(29)24-19-8-5-6-13-23-19/h5-6,8,13,18H,3-4,7,9-12,14-17H2,1-2H3,(H,23,24,29). The highest BCUT2D eigenvalue weighted by Crippen LogP contribution is 2.20. The summed E-state index contributed by atoms with van der Waals surface area (Å²) in [6, 6.07) is 5.40. The molecule has 1 saturated heterocycles. The van der Waals surface area contributed by atoms with E-state index in [9.17, 15) is 14.4 Å². The first-order valence-electron chi connectivity index (χ1n) is 10.8. The SMILES string of the molecule is CCCN(CCC)C(=O)CCCC(=O)N1CCC(C(=O)Nc2ccccn2)CC1. The predicted molar refractivity (Wildman–Crippen MR) is 113 cm³/mol. The van der Waals surface area contributed by atoms with E-state index in [1.54, 1.807) is 18.3 Å². The van der Waals surface area contributed by atoms with Gasteiger partial charge in [-0.3, -0.25) is 14.4 Å². The second-order valence-corrected chi connectivity index (χ2v) is 7.59. The Bertz CT molecular complexity index is 651. The lowest BCUT2D eigenvalue weighted by Crippen LogP contribution is -2.41. The summed E-state index contributed by atoms with van der Waals surface area (Å²) in [6.45, 7) is 6.89. The van der Waals surface area contributed by atoms with E-state index in [4.69, 9.17) is 0 Å². The summed E-state index contributed by atoms with van der Waals surface area (Å²) in [6.07, 6.45) is 6.26. The van der Waals surface area contributed by atoms with Crippen LogP contribution in [-0.4, -0.2) is 58.7 Å². The number of pyridine rings is 1. The summed E-state index contributed by atoms with van der Waals surface area (Å²) in [4.78, 5) is 45.0. The number of likely N-dealkylation sites (tertiary alicyclic amines) is 1. The fourth-order valence-corrected chi connectivity index (χ4v) is 3.66. The molecule has 0 radical (unpaired) electrons. The number of piperidine rings is 1. The predicted octanol–water partition coefficient (Wildman–Crippen LogP) is 3.08. The second-order valence-electron chi connectivity index (χ2n) is 7.59. The molecule has 2 heterocycles. The van der Waals surface area contributed by atoms with E-state index in [1.807, 2.05) is 15.9 Å². The Morgan fingerprint density at radius 2 is 1.79 bits per heavy atom. The Morgan fingerprint density at radius 3 is 2.38 bits per heavy atom. The molecule has 1 aliphatic rings. The fraction of sp³-hybridized carbons (Fsp3) is 0.636. The minimum absolute atomic E-state index is 0.0339. The molecule has 1 aromatic heterocycles. The van der Waals surface area contributed by atoms with Crippen molar-refractivity contribution in [1.82, 2.24) is 14.8 Å². The highest BCUT2D eigenvalue weighted by molar-refractivity contribution is 5.91. The molecule has 7 heteroatoms. The third-order valence-electron chi connectivity index (χ3n) is 5.26. The Kier molecular flexibility index (Phi) is 9.60. The second kappa shape index (κ2) is 12.2. The van der Waals surface area contributed by atoms with Crippen LogP contribution in [0.1, 0.15) is 58.8 Å². The van der Waals surface area contributed by atoms with Crippen molar-refractivity contribution in [3.05, 3.63) is 24.4 Å². The average Bonchev–Trinajstić information content (AvgIpc) is 2.74. The van der Waals surface area contributed by atoms with Crippen LogP contribution in [0.3, 0.4) is 0 Å². The first-order chi connectivity index (χ1) is 14.0. The number of carbonyl (C=O) groups excluding carboxylic acids is 3. The van der Waals surface area contributed by atoms with Crippen molar-refractivity contribution in [2.45, 2.75) is 58.8 Å². The van der Waals surface area contributed by atoms with Gasteiger partial charge in [-0.05, 0) is 44.2 Å². The Morgan fingerprint density at radius 1 is 1.10 bits per heavy atom. The number of anilines is 1. The first-order valence-corrected chi connectivity index (χ1v) is 10.8. The van der Waals surface area contributed by atoms with Crippen molar-refractivity contribution < 1.29 is 14.4 Å². The Labute approximate surface area is 173 Å². The van der Waals surface area contributed by atoms with Crippen LogP contribution >= 0.6 is 0 Å². The van der Waals surface area contributed by atoms with Gasteiger partial charge in [-0.25, -0.2) is 4.98 Å². The van der Waals surface area contributed by atoms with Gasteiger partial charge < -0.3 is 15.1 Å². The average molecular weight is 403 g/mol. The maximum absolute atomic E-state index is 12.5. The van der Waals surface area contributed by atoms with E-state index < -0.39 is 0 Å². The molecule has 2 rings (SSSR count). The number of nitrogens with one attached hydrogen (secondary N) is 1. The van der Waals surface area contributed by atoms with Gasteiger partial charge in [0, 0.05) is 51.1 Å². The summed E-state index contributed by atoms with van der Waals surface area (Å²) in [5, 5.41) is 2.84. The van der Waals surface area contributed by atoms with Crippen LogP contribution in [-0.2, 0) is 14.4 Å². The molecule has 29 heavy (non-hydrogen) atoms. The molecule has 1 fully saturated rings. The zero-order chi connectivity index (χ0) is 21.1. The molecular weight excluding hydrogens is 368 g/mol. The van der Waals surface area contributed by atoms with Crippen LogP contribution in [0.25, 0.3) is 0 Å². The monoisotopic (exact) mass is 402 g/mol. The molecule has 0 atom stereocenters. The molecule has 160 valence electrons. The summed E-state index contributed by atoms with van der Waals surface area (Å²) >= 11 is 0. The highest BCUT2D eigenvalue weighted by Gasteiger charge is 2.27. The molecule has 0 bridgehead atoms. The van der Waals surface area contributed by atoms with Crippen LogP contribution < -0.4 is 5.32 Å². The molecule has 1 N–H and O–H groups in total. The molecule has 7 nitrogen and oxygen atoms in total. The molecule has 1 aromatic rings. The molecule has 0 saturated carbocycles. The van der Waals surface area contributed by atoms with Gasteiger partial charge in [0.05, 0.1) is 0 Å². The Balaban J connectivity index is 1.69. The quantitative estimate of drug-likeness (QED) is 0.652. The molecule has 1 aliphatic heterocycles. The van der Waals surface area contributed by atoms with Crippen LogP contribution in [0.2, 0.25) is 0 Å². The lowest BCUT2D eigenvalue weighted by molar-refractivity contribution is -0.135. The number of hydrogen-bond acceptors (Lipinski definition) is 4. The van der Waals surface area contributed by atoms with E-state index in [1.165, 1.54) is 0 Å². The van der Waals surface area contributed by atoms with Crippen molar-refractivity contribution in [3.63, 3.8) is 0 Å². The summed E-state index contributed by atoms with van der Waals surface area (Å²) < 4.78 is 0. The molecule has 0 aromatic carbocycles. The lowest BCUT2D eigenvalue weighted by Gasteiger charge is -2.31. The molecule has 0 spiro atoms. The topological polar surface area (TPSA) is 82.6 Å². The van der Waals surface area contributed by atoms with Gasteiger partial charge >= 0.3 is 0 Å². The fourth-order valence-electron chi connectivity index (χ4n) is 3.66. The van der Waals surface area contributed by atoms with Gasteiger partial charge in [-0.2, -0.15) is 0 Å². The number of aromatic nitrogens is 1. The zero-order valence-corrected chi connectivity index (χ0v) is 17.7. The summed E-state index contributed by atoms with van der Waals surface area (Å²) in [5.74, 6) is 0.652. The number of hydrogen-bond donors (Lipinski definition) is 1. The van der Waals surface area contributed by atoms with Gasteiger partial charge in [0.2, 0.25) is 17.7 Å². The zero-order valence-electron chi connectivity index (χ0n) is 17.7. The number of amides is 3. The van der Waals surface area contributed by atoms with Crippen molar-refractivity contribution in [2.24, 2.45) is 5.92 Å². The van der Waals surface area contributed by atoms with Gasteiger partial charge in [0.15, 0.2) is 0 Å². The van der Waals surface area contributed by atoms with E-state index in [0.29, 0.717) is 51.0 Å². The third-order valence-corrected chi connectivity index (χ3v) is 5.26. The molecule has 0 aliphatic carbocycles. The molecule has 0 unspecified atom stereocenters.